The summed E-state index contributed by atoms with van der Waals surface area (Å²) >= 11 is 5.51. The summed E-state index contributed by atoms with van der Waals surface area (Å²) in [5, 5.41) is 0.866. The van der Waals surface area contributed by atoms with Gasteiger partial charge in [-0.05, 0) is 37.1 Å². The molecule has 2 rings (SSSR count). The molecule has 0 radical (unpaired) electrons. The van der Waals surface area contributed by atoms with Gasteiger partial charge in [-0.1, -0.05) is 35.2 Å². The van der Waals surface area contributed by atoms with Crippen molar-refractivity contribution in [3.8, 4) is 0 Å². The highest BCUT2D eigenvalue weighted by Crippen LogP contribution is 2.33. The maximum Gasteiger partial charge on any atom is 0.0176 e. The highest BCUT2D eigenvalue weighted by molar-refractivity contribution is 9.10. The maximum absolute atomic E-state index is 3.46. The van der Waals surface area contributed by atoms with Crippen molar-refractivity contribution in [1.29, 1.82) is 0 Å². The van der Waals surface area contributed by atoms with Crippen molar-refractivity contribution in [3.63, 3.8) is 0 Å². The summed E-state index contributed by atoms with van der Waals surface area (Å²) in [4.78, 5) is 1.42. The van der Waals surface area contributed by atoms with Gasteiger partial charge in [0.05, 0.1) is 0 Å². The quantitative estimate of drug-likeness (QED) is 0.739. The molecule has 0 nitrogen and oxygen atoms in total. The zero-order chi connectivity index (χ0) is 9.80. The second kappa shape index (κ2) is 5.22. The molecule has 0 spiro atoms. The fourth-order valence-corrected chi connectivity index (χ4v) is 3.40. The van der Waals surface area contributed by atoms with E-state index in [1.807, 2.05) is 0 Å². The molecular weight excluding hydrogens is 256 g/mol. The third kappa shape index (κ3) is 3.03. The average Bonchev–Trinajstić information content (AvgIpc) is 2.23. The molecule has 2 heteroatoms. The van der Waals surface area contributed by atoms with Gasteiger partial charge in [-0.15, -0.1) is 11.8 Å². The SMILES string of the molecule is Brc1ccc(SC2CCCCC2)cc1. The Hall–Kier alpha value is 0.0500. The normalized spacial score (nSPS) is 18.4. The summed E-state index contributed by atoms with van der Waals surface area (Å²) in [6.07, 6.45) is 7.10. The molecule has 1 aliphatic rings. The molecule has 0 atom stereocenters. The Labute approximate surface area is 98.6 Å². The smallest absolute Gasteiger partial charge is 0.0176 e. The molecule has 0 N–H and O–H groups in total. The van der Waals surface area contributed by atoms with Crippen LogP contribution in [-0.2, 0) is 0 Å². The lowest BCUT2D eigenvalue weighted by Gasteiger charge is -2.20. The fraction of sp³-hybridized carbons (Fsp3) is 0.500. The van der Waals surface area contributed by atoms with Crippen molar-refractivity contribution in [1.82, 2.24) is 0 Å². The van der Waals surface area contributed by atoms with Crippen LogP contribution in [0.1, 0.15) is 32.1 Å². The summed E-state index contributed by atoms with van der Waals surface area (Å²) in [6.45, 7) is 0. The fourth-order valence-electron chi connectivity index (χ4n) is 1.89. The minimum atomic E-state index is 0.866. The maximum atomic E-state index is 3.46. The van der Waals surface area contributed by atoms with Crippen LogP contribution in [0.5, 0.6) is 0 Å². The number of rotatable bonds is 2. The molecular formula is C12H15BrS. The molecule has 0 unspecified atom stereocenters. The molecule has 1 aromatic carbocycles. The van der Waals surface area contributed by atoms with Crippen LogP contribution in [0.2, 0.25) is 0 Å². The summed E-state index contributed by atoms with van der Waals surface area (Å²) < 4.78 is 1.17. The van der Waals surface area contributed by atoms with E-state index in [4.69, 9.17) is 0 Å². The van der Waals surface area contributed by atoms with Gasteiger partial charge in [-0.3, -0.25) is 0 Å². The highest BCUT2D eigenvalue weighted by atomic mass is 79.9. The van der Waals surface area contributed by atoms with Gasteiger partial charge in [0.1, 0.15) is 0 Å². The first-order valence-corrected chi connectivity index (χ1v) is 6.94. The van der Waals surface area contributed by atoms with Gasteiger partial charge in [0, 0.05) is 14.6 Å². The first kappa shape index (κ1) is 10.6. The summed E-state index contributed by atoms with van der Waals surface area (Å²) in [7, 11) is 0. The highest BCUT2D eigenvalue weighted by Gasteiger charge is 2.14. The zero-order valence-corrected chi connectivity index (χ0v) is 10.6. The predicted octanol–water partition coefficient (Wildman–Crippen LogP) is 4.87. The summed E-state index contributed by atoms with van der Waals surface area (Å²) in [5.74, 6) is 0. The zero-order valence-electron chi connectivity index (χ0n) is 8.21. The van der Waals surface area contributed by atoms with Crippen LogP contribution in [0.3, 0.4) is 0 Å². The topological polar surface area (TPSA) is 0 Å². The van der Waals surface area contributed by atoms with Crippen LogP contribution >= 0.6 is 27.7 Å². The standard InChI is InChI=1S/C12H15BrS/c13-10-6-8-12(9-7-10)14-11-4-2-1-3-5-11/h6-9,11H,1-5H2. The monoisotopic (exact) mass is 270 g/mol. The van der Waals surface area contributed by atoms with E-state index in [1.165, 1.54) is 41.5 Å². The van der Waals surface area contributed by atoms with Crippen LogP contribution in [-0.4, -0.2) is 5.25 Å². The third-order valence-corrected chi connectivity index (χ3v) is 4.55. The van der Waals surface area contributed by atoms with Gasteiger partial charge in [0.15, 0.2) is 0 Å². The minimum Gasteiger partial charge on any atom is -0.123 e. The van der Waals surface area contributed by atoms with Crippen LogP contribution in [0.15, 0.2) is 33.6 Å². The Bertz CT molecular complexity index is 275. The summed E-state index contributed by atoms with van der Waals surface area (Å²) in [5.41, 5.74) is 0. The molecule has 76 valence electrons. The van der Waals surface area contributed by atoms with Gasteiger partial charge in [-0.2, -0.15) is 0 Å². The van der Waals surface area contributed by atoms with Crippen LogP contribution in [0.4, 0.5) is 0 Å². The van der Waals surface area contributed by atoms with Gasteiger partial charge in [0.25, 0.3) is 0 Å². The molecule has 14 heavy (non-hydrogen) atoms. The third-order valence-electron chi connectivity index (χ3n) is 2.67. The van der Waals surface area contributed by atoms with Gasteiger partial charge >= 0.3 is 0 Å². The Morgan fingerprint density at radius 1 is 1.00 bits per heavy atom. The van der Waals surface area contributed by atoms with Gasteiger partial charge in [-0.25, -0.2) is 0 Å². The van der Waals surface area contributed by atoms with E-state index in [9.17, 15) is 0 Å². The largest absolute Gasteiger partial charge is 0.123 e. The van der Waals surface area contributed by atoms with E-state index < -0.39 is 0 Å². The van der Waals surface area contributed by atoms with E-state index in [1.54, 1.807) is 0 Å². The first-order chi connectivity index (χ1) is 6.84. The van der Waals surface area contributed by atoms with Crippen molar-refractivity contribution < 1.29 is 0 Å². The lowest BCUT2D eigenvalue weighted by Crippen LogP contribution is -2.07. The van der Waals surface area contributed by atoms with Crippen molar-refractivity contribution in [2.75, 3.05) is 0 Å². The molecule has 0 bridgehead atoms. The van der Waals surface area contributed by atoms with E-state index in [0.29, 0.717) is 0 Å². The summed E-state index contributed by atoms with van der Waals surface area (Å²) in [6, 6.07) is 8.68. The Morgan fingerprint density at radius 2 is 1.64 bits per heavy atom. The molecule has 1 saturated carbocycles. The van der Waals surface area contributed by atoms with Crippen molar-refractivity contribution >= 4 is 27.7 Å². The van der Waals surface area contributed by atoms with E-state index in [0.717, 1.165) is 5.25 Å². The van der Waals surface area contributed by atoms with Crippen molar-refractivity contribution in [3.05, 3.63) is 28.7 Å². The van der Waals surface area contributed by atoms with Crippen molar-refractivity contribution in [2.24, 2.45) is 0 Å². The van der Waals surface area contributed by atoms with Crippen LogP contribution in [0, 0.1) is 0 Å². The molecule has 1 fully saturated rings. The molecule has 0 aliphatic heterocycles. The van der Waals surface area contributed by atoms with E-state index in [-0.39, 0.29) is 0 Å². The van der Waals surface area contributed by atoms with Crippen LogP contribution < -0.4 is 0 Å². The Kier molecular flexibility index (Phi) is 3.94. The Morgan fingerprint density at radius 3 is 2.29 bits per heavy atom. The van der Waals surface area contributed by atoms with Gasteiger partial charge < -0.3 is 0 Å². The molecule has 0 saturated heterocycles. The number of halogens is 1. The molecule has 0 amide bonds. The number of thioether (sulfide) groups is 1. The molecule has 1 aromatic rings. The molecule has 1 aliphatic carbocycles. The second-order valence-corrected chi connectivity index (χ2v) is 6.12. The van der Waals surface area contributed by atoms with E-state index >= 15 is 0 Å². The Balaban J connectivity index is 1.92. The number of benzene rings is 1. The lowest BCUT2D eigenvalue weighted by atomic mass is 10.0. The predicted molar refractivity (Wildman–Crippen MR) is 66.9 cm³/mol. The second-order valence-electron chi connectivity index (χ2n) is 3.83. The van der Waals surface area contributed by atoms with Gasteiger partial charge in [0.2, 0.25) is 0 Å². The molecule has 0 aromatic heterocycles. The minimum absolute atomic E-state index is 0.866. The van der Waals surface area contributed by atoms with E-state index in [2.05, 4.69) is 52.0 Å². The first-order valence-electron chi connectivity index (χ1n) is 5.27. The van der Waals surface area contributed by atoms with Crippen molar-refractivity contribution in [2.45, 2.75) is 42.2 Å². The average molecular weight is 271 g/mol. The molecule has 0 heterocycles. The number of hydrogen-bond acceptors (Lipinski definition) is 1. The lowest BCUT2D eigenvalue weighted by molar-refractivity contribution is 0.516. The van der Waals surface area contributed by atoms with Crippen LogP contribution in [0.25, 0.3) is 0 Å². The number of hydrogen-bond donors (Lipinski definition) is 0.